The van der Waals surface area contributed by atoms with E-state index in [-0.39, 0.29) is 17.9 Å². The van der Waals surface area contributed by atoms with Crippen LogP contribution in [0.25, 0.3) is 0 Å². The monoisotopic (exact) mass is 349 g/mol. The summed E-state index contributed by atoms with van der Waals surface area (Å²) in [5, 5.41) is 3.04. The number of benzene rings is 1. The van der Waals surface area contributed by atoms with Crippen molar-refractivity contribution in [2.24, 2.45) is 0 Å². The molecule has 0 bridgehead atoms. The van der Waals surface area contributed by atoms with Crippen LogP contribution in [0, 0.1) is 0 Å². The highest BCUT2D eigenvalue weighted by atomic mass is 16.2. The third kappa shape index (κ3) is 4.17. The van der Waals surface area contributed by atoms with Crippen LogP contribution in [0.4, 0.5) is 5.69 Å². The number of amides is 2. The fourth-order valence-electron chi connectivity index (χ4n) is 3.15. The molecule has 134 valence electrons. The minimum absolute atomic E-state index is 0.147. The number of anilines is 1. The largest absolute Gasteiger partial charge is 0.345 e. The van der Waals surface area contributed by atoms with Gasteiger partial charge in [0.25, 0.3) is 5.91 Å². The zero-order valence-electron chi connectivity index (χ0n) is 14.7. The minimum atomic E-state index is -0.148. The summed E-state index contributed by atoms with van der Waals surface area (Å²) >= 11 is 0. The van der Waals surface area contributed by atoms with Gasteiger partial charge in [0.15, 0.2) is 0 Å². The average molecular weight is 349 g/mol. The zero-order valence-corrected chi connectivity index (χ0v) is 14.7. The van der Waals surface area contributed by atoms with E-state index < -0.39 is 0 Å². The Morgan fingerprint density at radius 1 is 1.19 bits per heavy atom. The lowest BCUT2D eigenvalue weighted by Gasteiger charge is -2.27. The van der Waals surface area contributed by atoms with E-state index in [2.05, 4.69) is 16.9 Å². The van der Waals surface area contributed by atoms with Crippen LogP contribution in [0.1, 0.15) is 47.6 Å². The highest BCUT2D eigenvalue weighted by Gasteiger charge is 2.20. The van der Waals surface area contributed by atoms with Crippen molar-refractivity contribution in [3.05, 3.63) is 72.6 Å². The Balaban J connectivity index is 1.71. The number of carbonyl (C=O) groups is 2. The number of pyridine rings is 1. The predicted octanol–water partition coefficient (Wildman–Crippen LogP) is 3.65. The van der Waals surface area contributed by atoms with Crippen molar-refractivity contribution in [3.8, 4) is 0 Å². The first kappa shape index (κ1) is 17.9. The SMILES string of the molecule is C=CC[C@@H](NC(=O)c1ccc(N2CCCCC2=O)cc1)c1ccncc1. The molecule has 2 amide bonds. The van der Waals surface area contributed by atoms with Crippen LogP contribution < -0.4 is 10.2 Å². The molecule has 1 aromatic heterocycles. The molecule has 26 heavy (non-hydrogen) atoms. The molecule has 2 aromatic rings. The number of hydrogen-bond donors (Lipinski definition) is 1. The second-order valence-electron chi connectivity index (χ2n) is 6.38. The number of piperidine rings is 1. The van der Waals surface area contributed by atoms with Crippen LogP contribution in [0.3, 0.4) is 0 Å². The summed E-state index contributed by atoms with van der Waals surface area (Å²) in [4.78, 5) is 30.4. The summed E-state index contributed by atoms with van der Waals surface area (Å²) in [6, 6.07) is 10.8. The number of nitrogens with zero attached hydrogens (tertiary/aromatic N) is 2. The molecule has 0 spiro atoms. The maximum atomic E-state index is 12.6. The average Bonchev–Trinajstić information content (AvgIpc) is 2.69. The Morgan fingerprint density at radius 3 is 2.58 bits per heavy atom. The van der Waals surface area contributed by atoms with Crippen molar-refractivity contribution in [3.63, 3.8) is 0 Å². The second-order valence-corrected chi connectivity index (χ2v) is 6.38. The van der Waals surface area contributed by atoms with Crippen molar-refractivity contribution in [1.29, 1.82) is 0 Å². The van der Waals surface area contributed by atoms with Crippen LogP contribution >= 0.6 is 0 Å². The van der Waals surface area contributed by atoms with Gasteiger partial charge in [0.05, 0.1) is 6.04 Å². The Bertz CT molecular complexity index is 772. The Hall–Kier alpha value is -2.95. The first-order chi connectivity index (χ1) is 12.7. The van der Waals surface area contributed by atoms with Crippen LogP contribution in [-0.2, 0) is 4.79 Å². The predicted molar refractivity (Wildman–Crippen MR) is 102 cm³/mol. The number of carbonyl (C=O) groups excluding carboxylic acids is 2. The van der Waals surface area contributed by atoms with Gasteiger partial charge in [0.2, 0.25) is 5.91 Å². The van der Waals surface area contributed by atoms with E-state index >= 15 is 0 Å². The summed E-state index contributed by atoms with van der Waals surface area (Å²) in [5.41, 5.74) is 2.41. The van der Waals surface area contributed by atoms with Gasteiger partial charge in [-0.1, -0.05) is 6.08 Å². The lowest BCUT2D eigenvalue weighted by atomic mass is 10.0. The number of nitrogens with one attached hydrogen (secondary N) is 1. The molecule has 1 atom stereocenters. The summed E-state index contributed by atoms with van der Waals surface area (Å²) in [6.45, 7) is 4.52. The first-order valence-electron chi connectivity index (χ1n) is 8.91. The standard InChI is InChI=1S/C21H23N3O2/c1-2-5-19(16-11-13-22-14-12-16)23-21(26)17-7-9-18(10-8-17)24-15-4-3-6-20(24)25/h2,7-14,19H,1,3-6,15H2,(H,23,26)/t19-/m1/s1. The van der Waals surface area contributed by atoms with Crippen molar-refractivity contribution < 1.29 is 9.59 Å². The molecule has 5 nitrogen and oxygen atoms in total. The van der Waals surface area contributed by atoms with Gasteiger partial charge < -0.3 is 10.2 Å². The molecule has 3 rings (SSSR count). The Kier molecular flexibility index (Phi) is 5.79. The summed E-state index contributed by atoms with van der Waals surface area (Å²) in [7, 11) is 0. The second kappa shape index (κ2) is 8.43. The van der Waals surface area contributed by atoms with Gasteiger partial charge >= 0.3 is 0 Å². The molecule has 1 aromatic carbocycles. The molecule has 1 aliphatic rings. The summed E-state index contributed by atoms with van der Waals surface area (Å²) in [5.74, 6) is 0.00219. The molecular formula is C21H23N3O2. The third-order valence-corrected chi connectivity index (χ3v) is 4.58. The normalized spacial score (nSPS) is 15.4. The van der Waals surface area contributed by atoms with E-state index in [0.717, 1.165) is 30.6 Å². The maximum absolute atomic E-state index is 12.6. The lowest BCUT2D eigenvalue weighted by Crippen LogP contribution is -2.35. The van der Waals surface area contributed by atoms with Crippen LogP contribution in [0.15, 0.2) is 61.4 Å². The molecule has 0 aliphatic carbocycles. The fraction of sp³-hybridized carbons (Fsp3) is 0.286. The van der Waals surface area contributed by atoms with Crippen LogP contribution in [0.5, 0.6) is 0 Å². The van der Waals surface area contributed by atoms with E-state index in [1.54, 1.807) is 35.5 Å². The van der Waals surface area contributed by atoms with Gasteiger partial charge in [-0.25, -0.2) is 0 Å². The number of aromatic nitrogens is 1. The molecule has 0 unspecified atom stereocenters. The molecule has 5 heteroatoms. The minimum Gasteiger partial charge on any atom is -0.345 e. The van der Waals surface area contributed by atoms with Crippen molar-refractivity contribution in [2.75, 3.05) is 11.4 Å². The van der Waals surface area contributed by atoms with E-state index in [9.17, 15) is 9.59 Å². The highest BCUT2D eigenvalue weighted by Crippen LogP contribution is 2.22. The van der Waals surface area contributed by atoms with Crippen molar-refractivity contribution in [1.82, 2.24) is 10.3 Å². The van der Waals surface area contributed by atoms with Gasteiger partial charge in [-0.3, -0.25) is 14.6 Å². The summed E-state index contributed by atoms with van der Waals surface area (Å²) < 4.78 is 0. The van der Waals surface area contributed by atoms with Gasteiger partial charge in [0.1, 0.15) is 0 Å². The molecule has 2 heterocycles. The molecule has 1 N–H and O–H groups in total. The smallest absolute Gasteiger partial charge is 0.251 e. The number of rotatable bonds is 6. The summed E-state index contributed by atoms with van der Waals surface area (Å²) in [6.07, 6.45) is 8.41. The van der Waals surface area contributed by atoms with Gasteiger partial charge in [-0.15, -0.1) is 6.58 Å². The van der Waals surface area contributed by atoms with Crippen molar-refractivity contribution >= 4 is 17.5 Å². The Labute approximate surface area is 153 Å². The molecule has 1 fully saturated rings. The third-order valence-electron chi connectivity index (χ3n) is 4.58. The molecule has 1 saturated heterocycles. The van der Waals surface area contributed by atoms with E-state index in [4.69, 9.17) is 0 Å². The molecule has 0 saturated carbocycles. The topological polar surface area (TPSA) is 62.3 Å². The first-order valence-corrected chi connectivity index (χ1v) is 8.91. The van der Waals surface area contributed by atoms with Gasteiger partial charge in [-0.05, 0) is 61.2 Å². The Morgan fingerprint density at radius 2 is 1.92 bits per heavy atom. The van der Waals surface area contributed by atoms with E-state index in [1.165, 1.54) is 0 Å². The zero-order chi connectivity index (χ0) is 18.4. The number of hydrogen-bond acceptors (Lipinski definition) is 3. The molecule has 1 aliphatic heterocycles. The van der Waals surface area contributed by atoms with E-state index in [0.29, 0.717) is 18.4 Å². The highest BCUT2D eigenvalue weighted by molar-refractivity contribution is 5.97. The fourth-order valence-corrected chi connectivity index (χ4v) is 3.15. The quantitative estimate of drug-likeness (QED) is 0.810. The van der Waals surface area contributed by atoms with Gasteiger partial charge in [0, 0.05) is 36.6 Å². The van der Waals surface area contributed by atoms with Gasteiger partial charge in [-0.2, -0.15) is 0 Å². The lowest BCUT2D eigenvalue weighted by molar-refractivity contribution is -0.119. The van der Waals surface area contributed by atoms with Crippen LogP contribution in [-0.4, -0.2) is 23.3 Å². The molecule has 0 radical (unpaired) electrons. The van der Waals surface area contributed by atoms with Crippen LogP contribution in [0.2, 0.25) is 0 Å². The van der Waals surface area contributed by atoms with E-state index in [1.807, 2.05) is 24.3 Å². The van der Waals surface area contributed by atoms with Crippen molar-refractivity contribution in [2.45, 2.75) is 31.7 Å². The maximum Gasteiger partial charge on any atom is 0.251 e. The molecular weight excluding hydrogens is 326 g/mol.